The number of nitrogens with zero attached hydrogens (tertiary/aromatic N) is 3. The first kappa shape index (κ1) is 25.5. The molecule has 1 aliphatic heterocycles. The van der Waals surface area contributed by atoms with E-state index in [1.54, 1.807) is 0 Å². The van der Waals surface area contributed by atoms with Gasteiger partial charge in [0, 0.05) is 0 Å². The fraction of sp³-hybridized carbons (Fsp3) is 0.500. The quantitative estimate of drug-likeness (QED) is 0.165. The summed E-state index contributed by atoms with van der Waals surface area (Å²) in [4.78, 5) is 58.3. The van der Waals surface area contributed by atoms with Crippen molar-refractivity contribution >= 4 is 51.3 Å². The Morgan fingerprint density at radius 1 is 1.19 bits per heavy atom. The summed E-state index contributed by atoms with van der Waals surface area (Å²) in [5.41, 5.74) is 4.56. The van der Waals surface area contributed by atoms with Gasteiger partial charge in [0.25, 0.3) is 5.56 Å². The topological polar surface area (TPSA) is 282 Å². The zero-order valence-corrected chi connectivity index (χ0v) is 18.8. The number of hydrogen-bond acceptors (Lipinski definition) is 13. The Morgan fingerprint density at radius 2 is 1.84 bits per heavy atom. The lowest BCUT2D eigenvalue weighted by atomic mass is 10.1. The molecular formula is C10H16N5O13P3S. The molecule has 0 bridgehead atoms. The molecule has 0 amide bonds. The number of ether oxygens (including phenoxy) is 1. The van der Waals surface area contributed by atoms with Crippen molar-refractivity contribution in [1.82, 2.24) is 19.5 Å². The van der Waals surface area contributed by atoms with Crippen molar-refractivity contribution in [1.29, 1.82) is 0 Å². The first-order valence-electron chi connectivity index (χ1n) is 8.11. The van der Waals surface area contributed by atoms with E-state index >= 15 is 0 Å². The third-order valence-electron chi connectivity index (χ3n) is 3.88. The summed E-state index contributed by atoms with van der Waals surface area (Å²) in [5, 5.41) is 20.5. The third kappa shape index (κ3) is 5.85. The number of aliphatic hydroxyl groups excluding tert-OH is 2. The minimum atomic E-state index is -5.52. The van der Waals surface area contributed by atoms with Crippen LogP contribution in [0, 0.1) is 0 Å². The van der Waals surface area contributed by atoms with Crippen LogP contribution in [-0.2, 0) is 38.8 Å². The molecule has 18 nitrogen and oxygen atoms in total. The second-order valence-electron chi connectivity index (χ2n) is 6.21. The maximum atomic E-state index is 11.9. The second kappa shape index (κ2) is 8.90. The molecule has 3 rings (SSSR count). The number of nitrogens with one attached hydrogen (secondary N) is 1. The highest BCUT2D eigenvalue weighted by Gasteiger charge is 2.46. The van der Waals surface area contributed by atoms with E-state index in [9.17, 15) is 33.9 Å². The average molecular weight is 539 g/mol. The van der Waals surface area contributed by atoms with Crippen molar-refractivity contribution in [2.45, 2.75) is 24.5 Å². The molecule has 6 atom stereocenters. The lowest BCUT2D eigenvalue weighted by Crippen LogP contribution is -2.33. The predicted octanol–water partition coefficient (Wildman–Crippen LogP) is -2.22. The number of phosphoric ester groups is 1. The lowest BCUT2D eigenvalue weighted by molar-refractivity contribution is -0.0503. The summed E-state index contributed by atoms with van der Waals surface area (Å²) in [7, 11) is -10.9. The van der Waals surface area contributed by atoms with Gasteiger partial charge in [-0.1, -0.05) is 0 Å². The first-order valence-corrected chi connectivity index (χ1v) is 13.7. The van der Waals surface area contributed by atoms with Crippen molar-refractivity contribution in [3.05, 3.63) is 16.7 Å². The van der Waals surface area contributed by atoms with Crippen molar-refractivity contribution < 1.29 is 56.8 Å². The van der Waals surface area contributed by atoms with Gasteiger partial charge in [0.1, 0.15) is 18.3 Å². The summed E-state index contributed by atoms with van der Waals surface area (Å²) < 4.78 is 41.9. The summed E-state index contributed by atoms with van der Waals surface area (Å²) in [5.74, 6) is -0.262. The SMILES string of the molecule is Nc1nc2c(ncn2[C@@H]2O[C@@H](COP(=O)(O)OP(=O)(O)OP(O)(O)=S)[C@H](O)[C@H]2O)c(=O)[nH]1. The highest BCUT2D eigenvalue weighted by atomic mass is 32.5. The number of fused-ring (bicyclic) bond motifs is 1. The lowest BCUT2D eigenvalue weighted by Gasteiger charge is -2.19. The average Bonchev–Trinajstić information content (AvgIpc) is 3.12. The zero-order valence-electron chi connectivity index (χ0n) is 15.3. The van der Waals surface area contributed by atoms with Crippen LogP contribution in [0.4, 0.5) is 5.95 Å². The highest BCUT2D eigenvalue weighted by Crippen LogP contribution is 2.66. The molecule has 2 aromatic rings. The summed E-state index contributed by atoms with van der Waals surface area (Å²) >= 11 is 3.96. The van der Waals surface area contributed by atoms with Gasteiger partial charge in [0.05, 0.1) is 12.9 Å². The van der Waals surface area contributed by atoms with E-state index in [2.05, 4.69) is 39.9 Å². The van der Waals surface area contributed by atoms with Gasteiger partial charge < -0.3 is 40.3 Å². The van der Waals surface area contributed by atoms with Gasteiger partial charge in [-0.2, -0.15) is 9.29 Å². The van der Waals surface area contributed by atoms with Gasteiger partial charge in [-0.15, -0.1) is 0 Å². The molecule has 1 saturated heterocycles. The van der Waals surface area contributed by atoms with Gasteiger partial charge in [0.15, 0.2) is 17.4 Å². The van der Waals surface area contributed by atoms with Crippen molar-refractivity contribution in [3.8, 4) is 0 Å². The van der Waals surface area contributed by atoms with Crippen molar-refractivity contribution in [2.75, 3.05) is 12.3 Å². The van der Waals surface area contributed by atoms with E-state index in [1.807, 2.05) is 0 Å². The van der Waals surface area contributed by atoms with E-state index in [4.69, 9.17) is 20.3 Å². The van der Waals surface area contributed by atoms with Gasteiger partial charge in [0.2, 0.25) is 5.95 Å². The van der Waals surface area contributed by atoms with Gasteiger partial charge in [-0.25, -0.2) is 18.4 Å². The number of nitrogens with two attached hydrogens (primary N) is 1. The molecule has 0 spiro atoms. The minimum Gasteiger partial charge on any atom is -0.387 e. The van der Waals surface area contributed by atoms with E-state index in [1.165, 1.54) is 0 Å². The number of rotatable bonds is 8. The maximum Gasteiger partial charge on any atom is 0.488 e. The third-order valence-corrected chi connectivity index (χ3v) is 8.28. The van der Waals surface area contributed by atoms with E-state index in [-0.39, 0.29) is 17.1 Å². The van der Waals surface area contributed by atoms with E-state index in [0.717, 1.165) is 10.9 Å². The van der Waals surface area contributed by atoms with E-state index in [0.29, 0.717) is 0 Å². The van der Waals surface area contributed by atoms with Gasteiger partial charge in [-0.05, 0) is 11.8 Å². The van der Waals surface area contributed by atoms with Crippen LogP contribution in [-0.4, -0.2) is 74.2 Å². The van der Waals surface area contributed by atoms with E-state index < -0.39 is 59.1 Å². The number of aromatic amines is 1. The van der Waals surface area contributed by atoms with Crippen LogP contribution in [0.5, 0.6) is 0 Å². The molecule has 0 aliphatic carbocycles. The Bertz CT molecular complexity index is 1210. The van der Waals surface area contributed by atoms with Crippen molar-refractivity contribution in [3.63, 3.8) is 0 Å². The Balaban J connectivity index is 1.72. The molecule has 3 heterocycles. The van der Waals surface area contributed by atoms with Crippen LogP contribution < -0.4 is 11.3 Å². The molecular weight excluding hydrogens is 523 g/mol. The number of nitrogen functional groups attached to an aromatic ring is 1. The molecule has 0 radical (unpaired) electrons. The molecule has 180 valence electrons. The number of H-pyrrole nitrogens is 1. The van der Waals surface area contributed by atoms with Crippen LogP contribution in [0.3, 0.4) is 0 Å². The predicted molar refractivity (Wildman–Crippen MR) is 105 cm³/mol. The fourth-order valence-electron chi connectivity index (χ4n) is 2.70. The molecule has 2 aromatic heterocycles. The van der Waals surface area contributed by atoms with Crippen LogP contribution in [0.2, 0.25) is 0 Å². The molecule has 22 heteroatoms. The smallest absolute Gasteiger partial charge is 0.387 e. The standard InChI is InChI=1S/C10H16N5O13P3S/c11-10-13-7-4(8(18)14-10)12-2-15(7)9-6(17)5(16)3(26-9)1-25-29(19,20)27-30(21,22)28-31(23,24)32/h2-3,5-6,9,16-17H,1H2,(H,19,20)(H,21,22)(H2,23,24,32)(H3,11,13,14,18)/t3-,5-,6+,9+/m0/s1. The Hall–Kier alpha value is -1.14. The Kier molecular flexibility index (Phi) is 7.09. The minimum absolute atomic E-state index is 0.0951. The largest absolute Gasteiger partial charge is 0.488 e. The van der Waals surface area contributed by atoms with Crippen LogP contribution in [0.15, 0.2) is 11.1 Å². The summed E-state index contributed by atoms with van der Waals surface area (Å²) in [6.45, 7) is -5.69. The van der Waals surface area contributed by atoms with Crippen LogP contribution >= 0.6 is 22.4 Å². The number of hydrogen-bond donors (Lipinski definition) is 8. The number of anilines is 1. The molecule has 0 saturated carbocycles. The summed E-state index contributed by atoms with van der Waals surface area (Å²) in [6.07, 6.45) is -5.18. The molecule has 0 aromatic carbocycles. The molecule has 1 aliphatic rings. The van der Waals surface area contributed by atoms with Crippen LogP contribution in [0.25, 0.3) is 11.2 Å². The Labute approximate surface area is 181 Å². The number of phosphoric acid groups is 2. The summed E-state index contributed by atoms with van der Waals surface area (Å²) in [6, 6.07) is 0. The number of aliphatic hydroxyl groups is 2. The second-order valence-corrected chi connectivity index (χ2v) is 12.1. The molecule has 9 N–H and O–H groups in total. The maximum absolute atomic E-state index is 11.9. The first-order chi connectivity index (χ1) is 14.6. The normalized spacial score (nSPS) is 27.9. The van der Waals surface area contributed by atoms with Gasteiger partial charge >= 0.3 is 22.4 Å². The van der Waals surface area contributed by atoms with Crippen LogP contribution in [0.1, 0.15) is 6.23 Å². The number of aromatic nitrogens is 4. The fourth-order valence-corrected chi connectivity index (χ4v) is 6.49. The number of imidazole rings is 1. The molecule has 2 unspecified atom stereocenters. The highest BCUT2D eigenvalue weighted by molar-refractivity contribution is 8.08. The molecule has 1 fully saturated rings. The Morgan fingerprint density at radius 3 is 2.47 bits per heavy atom. The zero-order chi connectivity index (χ0) is 24.1. The van der Waals surface area contributed by atoms with Crippen molar-refractivity contribution in [2.24, 2.45) is 0 Å². The monoisotopic (exact) mass is 539 g/mol. The molecule has 32 heavy (non-hydrogen) atoms. The van der Waals surface area contributed by atoms with Gasteiger partial charge in [-0.3, -0.25) is 18.9 Å².